The molecule has 3 aromatic carbocycles. The van der Waals surface area contributed by atoms with E-state index in [4.69, 9.17) is 0 Å². The van der Waals surface area contributed by atoms with E-state index in [9.17, 15) is 9.18 Å². The first-order valence-electron chi connectivity index (χ1n) is 11.0. The van der Waals surface area contributed by atoms with Crippen molar-refractivity contribution in [2.45, 2.75) is 16.5 Å². The maximum Gasteiger partial charge on any atom is 0.254 e. The molecule has 0 atom stereocenters. The van der Waals surface area contributed by atoms with Crippen LogP contribution in [0.15, 0.2) is 113 Å². The van der Waals surface area contributed by atoms with Crippen LogP contribution in [0.4, 0.5) is 4.39 Å². The molecule has 0 saturated heterocycles. The zero-order valence-electron chi connectivity index (χ0n) is 18.6. The molecule has 2 heterocycles. The van der Waals surface area contributed by atoms with Gasteiger partial charge in [-0.3, -0.25) is 4.79 Å². The number of hydrogen-bond donors (Lipinski definition) is 2. The molecule has 0 spiro atoms. The van der Waals surface area contributed by atoms with Gasteiger partial charge in [0.15, 0.2) is 0 Å². The second-order valence-corrected chi connectivity index (χ2v) is 8.87. The highest BCUT2D eigenvalue weighted by Crippen LogP contribution is 2.28. The summed E-state index contributed by atoms with van der Waals surface area (Å²) in [5.41, 5.74) is 4.03. The number of pyridine rings is 1. The summed E-state index contributed by atoms with van der Waals surface area (Å²) in [5, 5.41) is 3.66. The second-order valence-electron chi connectivity index (χ2n) is 7.81. The van der Waals surface area contributed by atoms with Gasteiger partial charge in [-0.05, 0) is 65.7 Å². The number of benzene rings is 3. The van der Waals surface area contributed by atoms with Gasteiger partial charge in [0.2, 0.25) is 0 Å². The lowest BCUT2D eigenvalue weighted by Crippen LogP contribution is -2.23. The van der Waals surface area contributed by atoms with Gasteiger partial charge in [0.1, 0.15) is 16.7 Å². The highest BCUT2D eigenvalue weighted by Gasteiger charge is 2.14. The molecule has 7 heteroatoms. The van der Waals surface area contributed by atoms with Gasteiger partial charge in [-0.15, -0.1) is 0 Å². The van der Waals surface area contributed by atoms with E-state index in [-0.39, 0.29) is 11.7 Å². The number of nitrogens with zero attached hydrogens (tertiary/aromatic N) is 2. The van der Waals surface area contributed by atoms with Crippen molar-refractivity contribution in [1.82, 2.24) is 20.3 Å². The van der Waals surface area contributed by atoms with Gasteiger partial charge in [-0.1, -0.05) is 48.2 Å². The van der Waals surface area contributed by atoms with Gasteiger partial charge in [-0.2, -0.15) is 0 Å². The summed E-state index contributed by atoms with van der Waals surface area (Å²) >= 11 is 1.46. The predicted octanol–water partition coefficient (Wildman–Crippen LogP) is 6.36. The van der Waals surface area contributed by atoms with Crippen LogP contribution in [0.3, 0.4) is 0 Å². The van der Waals surface area contributed by atoms with Crippen molar-refractivity contribution in [3.05, 3.63) is 120 Å². The molecule has 0 aliphatic rings. The molecular weight excluding hydrogens is 459 g/mol. The summed E-state index contributed by atoms with van der Waals surface area (Å²) in [7, 11) is 0. The van der Waals surface area contributed by atoms with Crippen LogP contribution in [0.25, 0.3) is 22.6 Å². The number of H-pyrrole nitrogens is 1. The lowest BCUT2D eigenvalue weighted by molar-refractivity contribution is 0.0947. The molecule has 0 aliphatic carbocycles. The highest BCUT2D eigenvalue weighted by molar-refractivity contribution is 7.99. The number of imidazole rings is 1. The minimum absolute atomic E-state index is 0.182. The molecule has 5 aromatic rings. The minimum Gasteiger partial charge on any atom is -0.348 e. The third kappa shape index (κ3) is 5.47. The average Bonchev–Trinajstić information content (AvgIpc) is 3.39. The molecule has 0 saturated carbocycles. The van der Waals surface area contributed by atoms with E-state index in [2.05, 4.69) is 20.3 Å². The van der Waals surface area contributed by atoms with E-state index in [1.54, 1.807) is 36.7 Å². The Balaban J connectivity index is 1.28. The number of hydrogen-bond acceptors (Lipinski definition) is 4. The molecular formula is C28H21FN4OS. The monoisotopic (exact) mass is 480 g/mol. The van der Waals surface area contributed by atoms with Gasteiger partial charge < -0.3 is 10.3 Å². The summed E-state index contributed by atoms with van der Waals surface area (Å²) in [6.45, 7) is 0.364. The summed E-state index contributed by atoms with van der Waals surface area (Å²) in [6, 6.07) is 27.5. The summed E-state index contributed by atoms with van der Waals surface area (Å²) in [6.07, 6.45) is 3.42. The molecule has 0 bridgehead atoms. The van der Waals surface area contributed by atoms with Crippen molar-refractivity contribution < 1.29 is 9.18 Å². The van der Waals surface area contributed by atoms with E-state index >= 15 is 0 Å². The summed E-state index contributed by atoms with van der Waals surface area (Å²) < 4.78 is 13.2. The zero-order valence-corrected chi connectivity index (χ0v) is 19.4. The van der Waals surface area contributed by atoms with Crippen LogP contribution in [0.1, 0.15) is 15.9 Å². The van der Waals surface area contributed by atoms with Gasteiger partial charge in [0.25, 0.3) is 5.91 Å². The zero-order chi connectivity index (χ0) is 24.0. The van der Waals surface area contributed by atoms with E-state index in [0.717, 1.165) is 27.3 Å². The van der Waals surface area contributed by atoms with Crippen LogP contribution in [-0.4, -0.2) is 20.9 Å². The molecule has 172 valence electrons. The van der Waals surface area contributed by atoms with Crippen LogP contribution in [0.2, 0.25) is 0 Å². The predicted molar refractivity (Wildman–Crippen MR) is 135 cm³/mol. The summed E-state index contributed by atoms with van der Waals surface area (Å²) in [5.74, 6) is 0.241. The fraction of sp³-hybridized carbons (Fsp3) is 0.0357. The van der Waals surface area contributed by atoms with E-state index in [1.165, 1.54) is 23.9 Å². The maximum atomic E-state index is 13.2. The molecule has 5 nitrogen and oxygen atoms in total. The van der Waals surface area contributed by atoms with Crippen LogP contribution < -0.4 is 5.32 Å². The number of carbonyl (C=O) groups excluding carboxylic acids is 1. The largest absolute Gasteiger partial charge is 0.348 e. The van der Waals surface area contributed by atoms with Crippen LogP contribution >= 0.6 is 11.8 Å². The van der Waals surface area contributed by atoms with Crippen molar-refractivity contribution in [3.63, 3.8) is 0 Å². The third-order valence-electron chi connectivity index (χ3n) is 5.36. The van der Waals surface area contributed by atoms with Crippen molar-refractivity contribution in [2.75, 3.05) is 0 Å². The molecule has 5 rings (SSSR count). The molecule has 0 radical (unpaired) electrons. The first-order chi connectivity index (χ1) is 17.2. The van der Waals surface area contributed by atoms with Gasteiger partial charge in [-0.25, -0.2) is 14.4 Å². The smallest absolute Gasteiger partial charge is 0.254 e. The van der Waals surface area contributed by atoms with Crippen LogP contribution in [0.5, 0.6) is 0 Å². The SMILES string of the molecule is O=C(NCc1cccc(-c2ncc(-c3ccc(F)cc3)[nH]2)c1)c1cccnc1Sc1ccccc1. The Morgan fingerprint density at radius 1 is 0.886 bits per heavy atom. The van der Waals surface area contributed by atoms with Crippen molar-refractivity contribution in [2.24, 2.45) is 0 Å². The van der Waals surface area contributed by atoms with Gasteiger partial charge in [0.05, 0.1) is 17.5 Å². The van der Waals surface area contributed by atoms with Crippen LogP contribution in [0, 0.1) is 5.82 Å². The fourth-order valence-electron chi connectivity index (χ4n) is 3.60. The number of carbonyl (C=O) groups is 1. The maximum absolute atomic E-state index is 13.2. The van der Waals surface area contributed by atoms with E-state index < -0.39 is 0 Å². The Morgan fingerprint density at radius 2 is 1.71 bits per heavy atom. The Morgan fingerprint density at radius 3 is 2.54 bits per heavy atom. The Labute approximate surface area is 206 Å². The molecule has 2 N–H and O–H groups in total. The number of nitrogens with one attached hydrogen (secondary N) is 2. The number of amides is 1. The molecule has 0 unspecified atom stereocenters. The Bertz CT molecular complexity index is 1450. The average molecular weight is 481 g/mol. The first-order valence-corrected chi connectivity index (χ1v) is 11.8. The third-order valence-corrected chi connectivity index (χ3v) is 6.38. The number of aromatic nitrogens is 3. The molecule has 35 heavy (non-hydrogen) atoms. The summed E-state index contributed by atoms with van der Waals surface area (Å²) in [4.78, 5) is 26.1. The molecule has 0 fully saturated rings. The second kappa shape index (κ2) is 10.4. The lowest BCUT2D eigenvalue weighted by Gasteiger charge is -2.10. The number of rotatable bonds is 7. The van der Waals surface area contributed by atoms with E-state index in [0.29, 0.717) is 23.0 Å². The van der Waals surface area contributed by atoms with Crippen molar-refractivity contribution in [3.8, 4) is 22.6 Å². The number of aromatic amines is 1. The van der Waals surface area contributed by atoms with Gasteiger partial charge >= 0.3 is 0 Å². The fourth-order valence-corrected chi connectivity index (χ4v) is 4.50. The molecule has 2 aromatic heterocycles. The van der Waals surface area contributed by atoms with Crippen molar-refractivity contribution >= 4 is 17.7 Å². The van der Waals surface area contributed by atoms with Crippen molar-refractivity contribution in [1.29, 1.82) is 0 Å². The first kappa shape index (κ1) is 22.6. The number of halogens is 1. The Hall–Kier alpha value is -4.23. The highest BCUT2D eigenvalue weighted by atomic mass is 32.2. The Kier molecular flexibility index (Phi) is 6.68. The normalized spacial score (nSPS) is 10.8. The standard InChI is InChI=1S/C28H21FN4OS/c29-22-13-11-20(12-14-22)25-18-31-26(33-25)21-7-4-6-19(16-21)17-32-27(34)24-10-5-15-30-28(24)35-23-8-2-1-3-9-23/h1-16,18H,17H2,(H,31,33)(H,32,34). The lowest BCUT2D eigenvalue weighted by atomic mass is 10.1. The van der Waals surface area contributed by atoms with Gasteiger partial charge in [0, 0.05) is 23.2 Å². The topological polar surface area (TPSA) is 70.7 Å². The minimum atomic E-state index is -0.277. The van der Waals surface area contributed by atoms with E-state index in [1.807, 2.05) is 54.6 Å². The quantitative estimate of drug-likeness (QED) is 0.284. The molecule has 0 aliphatic heterocycles. The van der Waals surface area contributed by atoms with Crippen LogP contribution in [-0.2, 0) is 6.54 Å². The molecule has 1 amide bonds.